The second kappa shape index (κ2) is 4.92. The molecule has 0 fully saturated rings. The van der Waals surface area contributed by atoms with Crippen LogP contribution in [0.25, 0.3) is 0 Å². The molecule has 1 unspecified atom stereocenters. The third-order valence-electron chi connectivity index (χ3n) is 1.59. The molecule has 70 valence electrons. The summed E-state index contributed by atoms with van der Waals surface area (Å²) >= 11 is 4.78. The van der Waals surface area contributed by atoms with Gasteiger partial charge in [0, 0.05) is 26.6 Å². The van der Waals surface area contributed by atoms with E-state index >= 15 is 0 Å². The molecule has 12 heavy (non-hydrogen) atoms. The molecule has 4 nitrogen and oxygen atoms in total. The maximum Gasteiger partial charge on any atom is 0.316 e. The van der Waals surface area contributed by atoms with Crippen molar-refractivity contribution in [2.24, 2.45) is 11.7 Å². The van der Waals surface area contributed by atoms with Crippen LogP contribution in [0, 0.1) is 5.92 Å². The molecule has 0 aliphatic carbocycles. The Hall–Kier alpha value is -0.840. The fraction of sp³-hybridized carbons (Fsp3) is 0.714. The summed E-state index contributed by atoms with van der Waals surface area (Å²) in [4.78, 5) is 13.0. The first-order valence-corrected chi connectivity index (χ1v) is 4.12. The standard InChI is InChI=1S/C7H15N3OS/c1-5(6(8)12)4-10(3)7(11)9-2/h5H,4H2,1-3H3,(H2,8,12)(H,9,11). The highest BCUT2D eigenvalue weighted by Gasteiger charge is 2.11. The number of carbonyl (C=O) groups is 1. The molecule has 0 aromatic heterocycles. The molecular formula is C7H15N3OS. The Labute approximate surface area is 78.1 Å². The number of carbonyl (C=O) groups excluding carboxylic acids is 1. The zero-order valence-electron chi connectivity index (χ0n) is 7.63. The summed E-state index contributed by atoms with van der Waals surface area (Å²) in [5.74, 6) is 0.0577. The zero-order valence-corrected chi connectivity index (χ0v) is 8.44. The number of hydrogen-bond donors (Lipinski definition) is 2. The molecule has 2 amide bonds. The SMILES string of the molecule is CNC(=O)N(C)CC(C)C(N)=S. The Morgan fingerprint density at radius 1 is 1.75 bits per heavy atom. The number of urea groups is 1. The van der Waals surface area contributed by atoms with Crippen molar-refractivity contribution in [3.05, 3.63) is 0 Å². The van der Waals surface area contributed by atoms with E-state index in [0.29, 0.717) is 11.5 Å². The first-order valence-electron chi connectivity index (χ1n) is 3.71. The van der Waals surface area contributed by atoms with E-state index in [1.54, 1.807) is 19.0 Å². The van der Waals surface area contributed by atoms with Gasteiger partial charge < -0.3 is 16.0 Å². The zero-order chi connectivity index (χ0) is 9.72. The highest BCUT2D eigenvalue weighted by atomic mass is 32.1. The van der Waals surface area contributed by atoms with E-state index in [0.717, 1.165) is 0 Å². The maximum atomic E-state index is 11.0. The van der Waals surface area contributed by atoms with Crippen molar-refractivity contribution < 1.29 is 4.79 Å². The van der Waals surface area contributed by atoms with Crippen LogP contribution in [0.15, 0.2) is 0 Å². The van der Waals surface area contributed by atoms with Gasteiger partial charge in [-0.2, -0.15) is 0 Å². The first-order chi connectivity index (χ1) is 5.49. The summed E-state index contributed by atoms with van der Waals surface area (Å²) < 4.78 is 0. The van der Waals surface area contributed by atoms with Crippen LogP contribution in [-0.2, 0) is 0 Å². The van der Waals surface area contributed by atoms with E-state index < -0.39 is 0 Å². The van der Waals surface area contributed by atoms with Crippen LogP contribution >= 0.6 is 12.2 Å². The molecule has 0 heterocycles. The second-order valence-corrected chi connectivity index (χ2v) is 3.21. The normalized spacial score (nSPS) is 11.9. The topological polar surface area (TPSA) is 58.4 Å². The summed E-state index contributed by atoms with van der Waals surface area (Å²) in [5, 5.41) is 2.51. The number of nitrogens with one attached hydrogen (secondary N) is 1. The quantitative estimate of drug-likeness (QED) is 0.623. The van der Waals surface area contributed by atoms with Crippen LogP contribution in [-0.4, -0.2) is 36.6 Å². The van der Waals surface area contributed by atoms with Crippen molar-refractivity contribution >= 4 is 23.2 Å². The van der Waals surface area contributed by atoms with Gasteiger partial charge in [-0.15, -0.1) is 0 Å². The molecule has 0 rings (SSSR count). The maximum absolute atomic E-state index is 11.0. The third kappa shape index (κ3) is 3.52. The molecule has 0 aliphatic heterocycles. The minimum Gasteiger partial charge on any atom is -0.393 e. The Balaban J connectivity index is 3.91. The Bertz CT molecular complexity index is 183. The molecule has 0 aromatic rings. The monoisotopic (exact) mass is 189 g/mol. The highest BCUT2D eigenvalue weighted by molar-refractivity contribution is 7.80. The van der Waals surface area contributed by atoms with Gasteiger partial charge in [0.05, 0.1) is 4.99 Å². The van der Waals surface area contributed by atoms with Crippen LogP contribution in [0.5, 0.6) is 0 Å². The van der Waals surface area contributed by atoms with Crippen LogP contribution in [0.1, 0.15) is 6.92 Å². The van der Waals surface area contributed by atoms with Crippen molar-refractivity contribution in [2.45, 2.75) is 6.92 Å². The highest BCUT2D eigenvalue weighted by Crippen LogP contribution is 1.98. The van der Waals surface area contributed by atoms with Crippen LogP contribution in [0.4, 0.5) is 4.79 Å². The number of amides is 2. The molecule has 0 radical (unpaired) electrons. The Morgan fingerprint density at radius 3 is 2.58 bits per heavy atom. The molecule has 0 bridgehead atoms. The van der Waals surface area contributed by atoms with Crippen molar-refractivity contribution in [3.8, 4) is 0 Å². The number of rotatable bonds is 3. The van der Waals surface area contributed by atoms with Gasteiger partial charge in [0.2, 0.25) is 0 Å². The van der Waals surface area contributed by atoms with Gasteiger partial charge in [-0.1, -0.05) is 19.1 Å². The van der Waals surface area contributed by atoms with Crippen LogP contribution in [0.2, 0.25) is 0 Å². The van der Waals surface area contributed by atoms with Crippen molar-refractivity contribution in [1.82, 2.24) is 10.2 Å². The lowest BCUT2D eigenvalue weighted by atomic mass is 10.2. The lowest BCUT2D eigenvalue weighted by Gasteiger charge is -2.20. The predicted octanol–water partition coefficient (Wildman–Crippen LogP) is 0.180. The molecule has 0 aromatic carbocycles. The smallest absolute Gasteiger partial charge is 0.316 e. The van der Waals surface area contributed by atoms with E-state index in [1.807, 2.05) is 6.92 Å². The molecule has 0 saturated heterocycles. The molecule has 5 heteroatoms. The summed E-state index contributed by atoms with van der Waals surface area (Å²) in [5.41, 5.74) is 5.40. The number of nitrogens with two attached hydrogens (primary N) is 1. The van der Waals surface area contributed by atoms with E-state index in [1.165, 1.54) is 0 Å². The molecule has 0 spiro atoms. The minimum absolute atomic E-state index is 0.0577. The predicted molar refractivity (Wildman–Crippen MR) is 53.0 cm³/mol. The van der Waals surface area contributed by atoms with Gasteiger partial charge in [0.25, 0.3) is 0 Å². The molecule has 0 saturated carbocycles. The van der Waals surface area contributed by atoms with Gasteiger partial charge in [-0.3, -0.25) is 0 Å². The Kier molecular flexibility index (Phi) is 4.58. The number of thiocarbonyl (C=S) groups is 1. The summed E-state index contributed by atoms with van der Waals surface area (Å²) in [7, 11) is 3.29. The number of nitrogens with zero attached hydrogens (tertiary/aromatic N) is 1. The van der Waals surface area contributed by atoms with Crippen molar-refractivity contribution in [2.75, 3.05) is 20.6 Å². The van der Waals surface area contributed by atoms with E-state index in [4.69, 9.17) is 18.0 Å². The molecule has 3 N–H and O–H groups in total. The van der Waals surface area contributed by atoms with Crippen molar-refractivity contribution in [3.63, 3.8) is 0 Å². The Morgan fingerprint density at radius 2 is 2.25 bits per heavy atom. The van der Waals surface area contributed by atoms with E-state index in [-0.39, 0.29) is 11.9 Å². The second-order valence-electron chi connectivity index (χ2n) is 2.74. The van der Waals surface area contributed by atoms with Crippen molar-refractivity contribution in [1.29, 1.82) is 0 Å². The van der Waals surface area contributed by atoms with Gasteiger partial charge >= 0.3 is 6.03 Å². The van der Waals surface area contributed by atoms with E-state index in [9.17, 15) is 4.79 Å². The van der Waals surface area contributed by atoms with Gasteiger partial charge in [0.15, 0.2) is 0 Å². The molecule has 1 atom stereocenters. The summed E-state index contributed by atoms with van der Waals surface area (Å²) in [6.07, 6.45) is 0. The fourth-order valence-corrected chi connectivity index (χ4v) is 0.849. The average Bonchev–Trinajstić information content (AvgIpc) is 2.02. The van der Waals surface area contributed by atoms with Crippen LogP contribution < -0.4 is 11.1 Å². The first kappa shape index (κ1) is 11.2. The fourth-order valence-electron chi connectivity index (χ4n) is 0.775. The van der Waals surface area contributed by atoms with Crippen LogP contribution in [0.3, 0.4) is 0 Å². The third-order valence-corrected chi connectivity index (χ3v) is 2.00. The lowest BCUT2D eigenvalue weighted by Crippen LogP contribution is -2.40. The molecular weight excluding hydrogens is 174 g/mol. The summed E-state index contributed by atoms with van der Waals surface area (Å²) in [6.45, 7) is 2.44. The number of hydrogen-bond acceptors (Lipinski definition) is 2. The van der Waals surface area contributed by atoms with Gasteiger partial charge in [0.1, 0.15) is 0 Å². The van der Waals surface area contributed by atoms with Gasteiger partial charge in [-0.25, -0.2) is 4.79 Å². The largest absolute Gasteiger partial charge is 0.393 e. The van der Waals surface area contributed by atoms with E-state index in [2.05, 4.69) is 5.32 Å². The average molecular weight is 189 g/mol. The van der Waals surface area contributed by atoms with Gasteiger partial charge in [-0.05, 0) is 0 Å². The minimum atomic E-state index is -0.127. The molecule has 0 aliphatic rings. The lowest BCUT2D eigenvalue weighted by molar-refractivity contribution is 0.208. The summed E-state index contributed by atoms with van der Waals surface area (Å²) in [6, 6.07) is -0.127.